The zero-order valence-corrected chi connectivity index (χ0v) is 6.13. The molecule has 0 atom stereocenters. The van der Waals surface area contributed by atoms with Crippen molar-refractivity contribution in [2.24, 2.45) is 0 Å². The highest BCUT2D eigenvalue weighted by Crippen LogP contribution is 1.85. The van der Waals surface area contributed by atoms with Crippen molar-refractivity contribution in [3.63, 3.8) is 0 Å². The third kappa shape index (κ3) is 4.95. The molecule has 5 heteroatoms. The minimum atomic E-state index is -0.957. The van der Waals surface area contributed by atoms with Crippen LogP contribution in [0.1, 0.15) is 0 Å². The third-order valence-corrected chi connectivity index (χ3v) is 0.876. The molecule has 0 aliphatic rings. The second kappa shape index (κ2) is 5.28. The molecule has 0 spiro atoms. The molecule has 0 aliphatic heterocycles. The first-order valence-corrected chi connectivity index (χ1v) is 2.90. The average molecular weight is 158 g/mol. The highest BCUT2D eigenvalue weighted by molar-refractivity contribution is 5.73. The van der Waals surface area contributed by atoms with Gasteiger partial charge in [0.1, 0.15) is 6.54 Å². The van der Waals surface area contributed by atoms with Gasteiger partial charge in [0, 0.05) is 6.20 Å². The fraction of sp³-hybridized carbons (Fsp3) is 0.333. The molecule has 0 aromatic heterocycles. The molecule has 0 fully saturated rings. The van der Waals surface area contributed by atoms with Crippen molar-refractivity contribution in [3.8, 4) is 0 Å². The van der Waals surface area contributed by atoms with Crippen LogP contribution >= 0.6 is 0 Å². The van der Waals surface area contributed by atoms with Crippen LogP contribution in [0.2, 0.25) is 0 Å². The van der Waals surface area contributed by atoms with Crippen molar-refractivity contribution < 1.29 is 14.6 Å². The minimum absolute atomic E-state index is 0.180. The van der Waals surface area contributed by atoms with Crippen LogP contribution < -0.4 is 5.32 Å². The standard InChI is InChI=1S/C6H10N2O3/c1-11-5(2-7)3-8-4-6(9)10/h2-3,7-8H,4H2,1H3,(H,9,10)/b5-3+,7-2?. The first-order valence-electron chi connectivity index (χ1n) is 2.90. The van der Waals surface area contributed by atoms with Crippen LogP contribution in [0.15, 0.2) is 12.0 Å². The molecular formula is C6H10N2O3. The molecule has 62 valence electrons. The second-order valence-corrected chi connectivity index (χ2v) is 1.67. The predicted octanol–water partition coefficient (Wildman–Crippen LogP) is -0.202. The Morgan fingerprint density at radius 2 is 2.45 bits per heavy atom. The SMILES string of the molecule is CO/C(C=N)=C/NCC(=O)O. The summed E-state index contributed by atoms with van der Waals surface area (Å²) in [4.78, 5) is 9.97. The number of hydrogen-bond donors (Lipinski definition) is 3. The lowest BCUT2D eigenvalue weighted by Crippen LogP contribution is -2.17. The highest BCUT2D eigenvalue weighted by Gasteiger charge is 1.92. The van der Waals surface area contributed by atoms with Crippen LogP contribution in [0.4, 0.5) is 0 Å². The number of rotatable bonds is 5. The number of ether oxygens (including phenoxy) is 1. The molecule has 0 rings (SSSR count). The summed E-state index contributed by atoms with van der Waals surface area (Å²) in [6.07, 6.45) is 2.30. The Morgan fingerprint density at radius 3 is 2.82 bits per heavy atom. The van der Waals surface area contributed by atoms with E-state index in [1.165, 1.54) is 13.3 Å². The lowest BCUT2D eigenvalue weighted by molar-refractivity contribution is -0.135. The van der Waals surface area contributed by atoms with E-state index in [9.17, 15) is 4.79 Å². The summed E-state index contributed by atoms with van der Waals surface area (Å²) in [6, 6.07) is 0. The van der Waals surface area contributed by atoms with E-state index in [1.54, 1.807) is 0 Å². The summed E-state index contributed by atoms with van der Waals surface area (Å²) < 4.78 is 4.64. The molecule has 0 radical (unpaired) electrons. The summed E-state index contributed by atoms with van der Waals surface area (Å²) in [6.45, 7) is -0.180. The largest absolute Gasteiger partial charge is 0.494 e. The Bertz CT molecular complexity index is 177. The number of carboxylic acids is 1. The molecule has 0 unspecified atom stereocenters. The van der Waals surface area contributed by atoms with Crippen LogP contribution in [-0.2, 0) is 9.53 Å². The van der Waals surface area contributed by atoms with E-state index < -0.39 is 5.97 Å². The Hall–Kier alpha value is -1.52. The van der Waals surface area contributed by atoms with Crippen LogP contribution in [0, 0.1) is 5.41 Å². The average Bonchev–Trinajstić information content (AvgIpc) is 1.98. The molecule has 0 saturated carbocycles. The Labute approximate surface area is 64.2 Å². The van der Waals surface area contributed by atoms with Crippen molar-refractivity contribution in [1.29, 1.82) is 5.41 Å². The van der Waals surface area contributed by atoms with E-state index in [1.807, 2.05) is 0 Å². The fourth-order valence-electron chi connectivity index (χ4n) is 0.398. The van der Waals surface area contributed by atoms with Gasteiger partial charge in [-0.05, 0) is 0 Å². The summed E-state index contributed by atoms with van der Waals surface area (Å²) in [7, 11) is 1.40. The normalized spacial score (nSPS) is 10.5. The minimum Gasteiger partial charge on any atom is -0.494 e. The lowest BCUT2D eigenvalue weighted by Gasteiger charge is -1.98. The van der Waals surface area contributed by atoms with Crippen LogP contribution in [0.25, 0.3) is 0 Å². The summed E-state index contributed by atoms with van der Waals surface area (Å²) in [5.74, 6) is -0.673. The Kier molecular flexibility index (Phi) is 4.55. The van der Waals surface area contributed by atoms with Gasteiger partial charge in [-0.3, -0.25) is 4.79 Å². The number of carboxylic acid groups (broad SMARTS) is 1. The van der Waals surface area contributed by atoms with Gasteiger partial charge in [-0.1, -0.05) is 0 Å². The molecular weight excluding hydrogens is 148 g/mol. The van der Waals surface area contributed by atoms with Gasteiger partial charge >= 0.3 is 5.97 Å². The molecule has 5 nitrogen and oxygen atoms in total. The van der Waals surface area contributed by atoms with Gasteiger partial charge in [0.25, 0.3) is 0 Å². The van der Waals surface area contributed by atoms with Crippen molar-refractivity contribution in [1.82, 2.24) is 5.32 Å². The smallest absolute Gasteiger partial charge is 0.322 e. The monoisotopic (exact) mass is 158 g/mol. The fourth-order valence-corrected chi connectivity index (χ4v) is 0.398. The summed E-state index contributed by atoms with van der Waals surface area (Å²) in [5.41, 5.74) is 0. The van der Waals surface area contributed by atoms with Gasteiger partial charge in [-0.15, -0.1) is 0 Å². The number of allylic oxidation sites excluding steroid dienone is 1. The maximum atomic E-state index is 9.97. The van der Waals surface area contributed by atoms with E-state index in [0.717, 1.165) is 6.21 Å². The number of nitrogens with one attached hydrogen (secondary N) is 2. The van der Waals surface area contributed by atoms with Crippen LogP contribution in [0.3, 0.4) is 0 Å². The second-order valence-electron chi connectivity index (χ2n) is 1.67. The van der Waals surface area contributed by atoms with Gasteiger partial charge in [0.2, 0.25) is 0 Å². The summed E-state index contributed by atoms with van der Waals surface area (Å²) in [5, 5.41) is 17.4. The zero-order chi connectivity index (χ0) is 8.69. The van der Waals surface area contributed by atoms with Crippen molar-refractivity contribution in [3.05, 3.63) is 12.0 Å². The van der Waals surface area contributed by atoms with E-state index in [2.05, 4.69) is 10.1 Å². The Balaban J connectivity index is 3.70. The highest BCUT2D eigenvalue weighted by atomic mass is 16.5. The van der Waals surface area contributed by atoms with Gasteiger partial charge in [-0.25, -0.2) is 0 Å². The third-order valence-electron chi connectivity index (χ3n) is 0.876. The van der Waals surface area contributed by atoms with Crippen molar-refractivity contribution >= 4 is 12.2 Å². The molecule has 0 amide bonds. The number of methoxy groups -OCH3 is 1. The van der Waals surface area contributed by atoms with Crippen molar-refractivity contribution in [2.45, 2.75) is 0 Å². The molecule has 0 aliphatic carbocycles. The van der Waals surface area contributed by atoms with E-state index in [4.69, 9.17) is 10.5 Å². The van der Waals surface area contributed by atoms with Gasteiger partial charge in [-0.2, -0.15) is 0 Å². The topological polar surface area (TPSA) is 82.4 Å². The van der Waals surface area contributed by atoms with Gasteiger partial charge in [0.15, 0.2) is 5.76 Å². The van der Waals surface area contributed by atoms with Gasteiger partial charge in [0.05, 0.1) is 13.3 Å². The molecule has 0 bridgehead atoms. The van der Waals surface area contributed by atoms with Crippen LogP contribution in [0.5, 0.6) is 0 Å². The first kappa shape index (κ1) is 9.48. The first-order chi connectivity index (χ1) is 5.20. The maximum Gasteiger partial charge on any atom is 0.322 e. The number of hydrogen-bond acceptors (Lipinski definition) is 4. The molecule has 11 heavy (non-hydrogen) atoms. The Morgan fingerprint density at radius 1 is 1.82 bits per heavy atom. The molecule has 0 aromatic carbocycles. The van der Waals surface area contributed by atoms with E-state index in [0.29, 0.717) is 0 Å². The molecule has 3 N–H and O–H groups in total. The summed E-state index contributed by atoms with van der Waals surface area (Å²) >= 11 is 0. The van der Waals surface area contributed by atoms with Crippen LogP contribution in [-0.4, -0.2) is 30.9 Å². The van der Waals surface area contributed by atoms with Crippen molar-refractivity contribution in [2.75, 3.05) is 13.7 Å². The quantitative estimate of drug-likeness (QED) is 0.382. The number of aliphatic carboxylic acids is 1. The molecule has 0 saturated heterocycles. The predicted molar refractivity (Wildman–Crippen MR) is 39.5 cm³/mol. The van der Waals surface area contributed by atoms with E-state index in [-0.39, 0.29) is 12.3 Å². The zero-order valence-electron chi connectivity index (χ0n) is 6.13. The van der Waals surface area contributed by atoms with Gasteiger partial charge < -0.3 is 20.6 Å². The maximum absolute atomic E-state index is 9.97. The number of carbonyl (C=O) groups is 1. The lowest BCUT2D eigenvalue weighted by atomic mass is 10.5. The van der Waals surface area contributed by atoms with E-state index >= 15 is 0 Å². The molecule has 0 aromatic rings. The molecule has 0 heterocycles.